The first-order valence-corrected chi connectivity index (χ1v) is 5.70. The van der Waals surface area contributed by atoms with E-state index in [-0.39, 0.29) is 5.97 Å². The van der Waals surface area contributed by atoms with Gasteiger partial charge >= 0.3 is 5.97 Å². The molecule has 2 rings (SSSR count). The summed E-state index contributed by atoms with van der Waals surface area (Å²) in [6, 6.07) is 11.8. The second kappa shape index (κ2) is 6.02. The molecule has 1 aromatic carbocycles. The molecule has 18 heavy (non-hydrogen) atoms. The van der Waals surface area contributed by atoms with Crippen molar-refractivity contribution in [2.75, 3.05) is 7.11 Å². The van der Waals surface area contributed by atoms with Crippen molar-refractivity contribution in [2.45, 2.75) is 13.1 Å². The van der Waals surface area contributed by atoms with Gasteiger partial charge in [-0.1, -0.05) is 30.3 Å². The van der Waals surface area contributed by atoms with Crippen LogP contribution < -0.4 is 5.32 Å². The van der Waals surface area contributed by atoms with Crippen LogP contribution in [0.4, 0.5) is 0 Å². The summed E-state index contributed by atoms with van der Waals surface area (Å²) in [4.78, 5) is 11.2. The number of rotatable bonds is 5. The molecule has 0 atom stereocenters. The van der Waals surface area contributed by atoms with E-state index in [0.717, 1.165) is 6.54 Å². The molecular formula is C14H15NO3. The largest absolute Gasteiger partial charge is 0.467 e. The highest BCUT2D eigenvalue weighted by atomic mass is 16.5. The Balaban J connectivity index is 1.84. The molecule has 4 nitrogen and oxygen atoms in total. The summed E-state index contributed by atoms with van der Waals surface area (Å²) >= 11 is 0. The number of benzene rings is 1. The summed E-state index contributed by atoms with van der Waals surface area (Å²) in [6.45, 7) is 1.33. The van der Waals surface area contributed by atoms with Crippen LogP contribution in [0.5, 0.6) is 0 Å². The molecule has 2 aromatic rings. The number of hydrogen-bond acceptors (Lipinski definition) is 4. The first-order chi connectivity index (χ1) is 8.79. The summed E-state index contributed by atoms with van der Waals surface area (Å²) in [6.07, 6.45) is 1.41. The van der Waals surface area contributed by atoms with Crippen molar-refractivity contribution in [1.82, 2.24) is 5.32 Å². The molecule has 1 N–H and O–H groups in total. The average Bonchev–Trinajstić information content (AvgIpc) is 2.88. The van der Waals surface area contributed by atoms with Gasteiger partial charge in [-0.2, -0.15) is 0 Å². The molecule has 0 spiro atoms. The van der Waals surface area contributed by atoms with Crippen LogP contribution in [0.25, 0.3) is 0 Å². The van der Waals surface area contributed by atoms with Crippen molar-refractivity contribution in [3.63, 3.8) is 0 Å². The minimum absolute atomic E-state index is 0.381. The third-order valence-electron chi connectivity index (χ3n) is 2.55. The molecule has 1 heterocycles. The monoisotopic (exact) mass is 245 g/mol. The van der Waals surface area contributed by atoms with Gasteiger partial charge in [0.25, 0.3) is 0 Å². The van der Waals surface area contributed by atoms with Crippen LogP contribution >= 0.6 is 0 Å². The first kappa shape index (κ1) is 12.4. The predicted molar refractivity (Wildman–Crippen MR) is 67.0 cm³/mol. The Morgan fingerprint density at radius 1 is 1.28 bits per heavy atom. The van der Waals surface area contributed by atoms with Crippen LogP contribution in [0.15, 0.2) is 47.1 Å². The lowest BCUT2D eigenvalue weighted by molar-refractivity contribution is 0.0600. The maximum absolute atomic E-state index is 11.2. The molecule has 0 saturated heterocycles. The van der Waals surface area contributed by atoms with Crippen molar-refractivity contribution in [1.29, 1.82) is 0 Å². The van der Waals surface area contributed by atoms with Crippen LogP contribution in [0, 0.1) is 0 Å². The maximum Gasteiger partial charge on any atom is 0.341 e. The molecule has 94 valence electrons. The van der Waals surface area contributed by atoms with E-state index in [1.54, 1.807) is 6.07 Å². The van der Waals surface area contributed by atoms with E-state index in [1.165, 1.54) is 18.9 Å². The van der Waals surface area contributed by atoms with E-state index in [1.807, 2.05) is 18.2 Å². The van der Waals surface area contributed by atoms with Crippen LogP contribution in [0.3, 0.4) is 0 Å². The summed E-state index contributed by atoms with van der Waals surface area (Å²) in [5.74, 6) is 0.333. The van der Waals surface area contributed by atoms with Gasteiger partial charge in [0.2, 0.25) is 0 Å². The fraction of sp³-hybridized carbons (Fsp3) is 0.214. The Hall–Kier alpha value is -2.07. The lowest BCUT2D eigenvalue weighted by Gasteiger charge is -2.02. The Morgan fingerprint density at radius 2 is 2.06 bits per heavy atom. The van der Waals surface area contributed by atoms with Gasteiger partial charge in [0, 0.05) is 6.54 Å². The Morgan fingerprint density at radius 3 is 2.78 bits per heavy atom. The normalized spacial score (nSPS) is 10.3. The number of methoxy groups -OCH3 is 1. The number of carbonyl (C=O) groups is 1. The molecule has 0 bridgehead atoms. The Bertz CT molecular complexity index is 505. The number of nitrogens with one attached hydrogen (secondary N) is 1. The fourth-order valence-corrected chi connectivity index (χ4v) is 1.62. The highest BCUT2D eigenvalue weighted by Gasteiger charge is 2.09. The van der Waals surface area contributed by atoms with Gasteiger partial charge in [-0.15, -0.1) is 0 Å². The average molecular weight is 245 g/mol. The number of ether oxygens (including phenoxy) is 1. The smallest absolute Gasteiger partial charge is 0.341 e. The topological polar surface area (TPSA) is 51.5 Å². The van der Waals surface area contributed by atoms with E-state index in [9.17, 15) is 4.79 Å². The third kappa shape index (κ3) is 3.21. The molecule has 0 radical (unpaired) electrons. The molecule has 0 unspecified atom stereocenters. The minimum Gasteiger partial charge on any atom is -0.467 e. The SMILES string of the molecule is COC(=O)c1coc(CNCc2ccccc2)c1. The number of esters is 1. The zero-order chi connectivity index (χ0) is 12.8. The van der Waals surface area contributed by atoms with E-state index >= 15 is 0 Å². The fourth-order valence-electron chi connectivity index (χ4n) is 1.62. The number of carbonyl (C=O) groups excluding carboxylic acids is 1. The van der Waals surface area contributed by atoms with E-state index in [2.05, 4.69) is 22.2 Å². The highest BCUT2D eigenvalue weighted by Crippen LogP contribution is 2.09. The third-order valence-corrected chi connectivity index (χ3v) is 2.55. The lowest BCUT2D eigenvalue weighted by Crippen LogP contribution is -2.12. The van der Waals surface area contributed by atoms with Crippen molar-refractivity contribution in [2.24, 2.45) is 0 Å². The van der Waals surface area contributed by atoms with Crippen LogP contribution in [0.2, 0.25) is 0 Å². The van der Waals surface area contributed by atoms with Crippen molar-refractivity contribution < 1.29 is 13.9 Å². The zero-order valence-electron chi connectivity index (χ0n) is 10.2. The highest BCUT2D eigenvalue weighted by molar-refractivity contribution is 5.88. The van der Waals surface area contributed by atoms with Gasteiger partial charge in [-0.3, -0.25) is 0 Å². The van der Waals surface area contributed by atoms with E-state index < -0.39 is 0 Å². The summed E-state index contributed by atoms with van der Waals surface area (Å²) < 4.78 is 9.87. The number of furan rings is 1. The maximum atomic E-state index is 11.2. The Kier molecular flexibility index (Phi) is 4.15. The van der Waals surface area contributed by atoms with Gasteiger partial charge < -0.3 is 14.5 Å². The van der Waals surface area contributed by atoms with E-state index in [0.29, 0.717) is 17.9 Å². The van der Waals surface area contributed by atoms with Gasteiger partial charge in [-0.25, -0.2) is 4.79 Å². The zero-order valence-corrected chi connectivity index (χ0v) is 10.2. The van der Waals surface area contributed by atoms with Gasteiger partial charge in [0.1, 0.15) is 12.0 Å². The summed E-state index contributed by atoms with van der Waals surface area (Å²) in [5, 5.41) is 3.24. The first-order valence-electron chi connectivity index (χ1n) is 5.70. The van der Waals surface area contributed by atoms with Gasteiger partial charge in [0.15, 0.2) is 0 Å². The lowest BCUT2D eigenvalue weighted by atomic mass is 10.2. The molecular weight excluding hydrogens is 230 g/mol. The summed E-state index contributed by atoms with van der Waals surface area (Å²) in [7, 11) is 1.35. The molecule has 1 aromatic heterocycles. The molecule has 0 amide bonds. The standard InChI is InChI=1S/C14H15NO3/c1-17-14(16)12-7-13(18-10-12)9-15-8-11-5-3-2-4-6-11/h2-7,10,15H,8-9H2,1H3. The molecule has 0 fully saturated rings. The number of hydrogen-bond donors (Lipinski definition) is 1. The predicted octanol–water partition coefficient (Wildman–Crippen LogP) is 2.36. The van der Waals surface area contributed by atoms with Crippen molar-refractivity contribution >= 4 is 5.97 Å². The second-order valence-electron chi connectivity index (χ2n) is 3.88. The van der Waals surface area contributed by atoms with Gasteiger partial charge in [-0.05, 0) is 11.6 Å². The molecule has 4 heteroatoms. The van der Waals surface area contributed by atoms with Crippen molar-refractivity contribution in [3.8, 4) is 0 Å². The quantitative estimate of drug-likeness (QED) is 0.821. The molecule has 0 saturated carbocycles. The van der Waals surface area contributed by atoms with Crippen LogP contribution in [-0.2, 0) is 17.8 Å². The molecule has 0 aliphatic heterocycles. The van der Waals surface area contributed by atoms with E-state index in [4.69, 9.17) is 4.42 Å². The Labute approximate surface area is 106 Å². The second-order valence-corrected chi connectivity index (χ2v) is 3.88. The van der Waals surface area contributed by atoms with Crippen LogP contribution in [0.1, 0.15) is 21.7 Å². The molecule has 0 aliphatic rings. The van der Waals surface area contributed by atoms with Crippen molar-refractivity contribution in [3.05, 3.63) is 59.5 Å². The van der Waals surface area contributed by atoms with Gasteiger partial charge in [0.05, 0.1) is 19.2 Å². The molecule has 0 aliphatic carbocycles. The summed E-state index contributed by atoms with van der Waals surface area (Å²) in [5.41, 5.74) is 1.64. The van der Waals surface area contributed by atoms with Crippen LogP contribution in [-0.4, -0.2) is 13.1 Å². The minimum atomic E-state index is -0.381.